The Morgan fingerprint density at radius 3 is 2.87 bits per heavy atom. The second kappa shape index (κ2) is 3.13. The van der Waals surface area contributed by atoms with Gasteiger partial charge in [-0.15, -0.1) is 0 Å². The first-order valence-electron chi connectivity index (χ1n) is 4.98. The van der Waals surface area contributed by atoms with Gasteiger partial charge in [0.25, 0.3) is 0 Å². The lowest BCUT2D eigenvalue weighted by atomic mass is 10.4. The first-order chi connectivity index (χ1) is 7.29. The maximum absolute atomic E-state index is 5.71. The van der Waals surface area contributed by atoms with Crippen LogP contribution in [0.25, 0.3) is 11.2 Å². The van der Waals surface area contributed by atoms with Crippen LogP contribution in [0.3, 0.4) is 0 Å². The van der Waals surface area contributed by atoms with E-state index in [0.717, 1.165) is 16.3 Å². The van der Waals surface area contributed by atoms with Gasteiger partial charge in [-0.3, -0.25) is 0 Å². The molecule has 78 valence electrons. The van der Waals surface area contributed by atoms with E-state index in [-0.39, 0.29) is 0 Å². The van der Waals surface area contributed by atoms with Crippen LogP contribution in [0.5, 0.6) is 0 Å². The second-order valence-electron chi connectivity index (χ2n) is 3.78. The molecule has 2 heterocycles. The number of imidazole rings is 1. The number of anilines is 1. The second-order valence-corrected chi connectivity index (χ2v) is 4.55. The Labute approximate surface area is 91.9 Å². The SMILES string of the molecule is CSc1nc2ccc(N)nc2n1C1CC1. The number of rotatable bonds is 2. The largest absolute Gasteiger partial charge is 0.384 e. The molecule has 0 amide bonds. The summed E-state index contributed by atoms with van der Waals surface area (Å²) in [5.41, 5.74) is 7.58. The molecule has 2 N–H and O–H groups in total. The molecule has 1 fully saturated rings. The zero-order chi connectivity index (χ0) is 10.4. The summed E-state index contributed by atoms with van der Waals surface area (Å²) in [6.07, 6.45) is 4.51. The third-order valence-corrected chi connectivity index (χ3v) is 3.27. The topological polar surface area (TPSA) is 56.7 Å². The highest BCUT2D eigenvalue weighted by atomic mass is 32.2. The fraction of sp³-hybridized carbons (Fsp3) is 0.400. The van der Waals surface area contributed by atoms with Gasteiger partial charge >= 0.3 is 0 Å². The van der Waals surface area contributed by atoms with E-state index in [2.05, 4.69) is 14.5 Å². The number of nitrogens with two attached hydrogens (primary N) is 1. The van der Waals surface area contributed by atoms with Crippen LogP contribution < -0.4 is 5.73 Å². The Kier molecular flexibility index (Phi) is 1.88. The number of hydrogen-bond donors (Lipinski definition) is 1. The van der Waals surface area contributed by atoms with E-state index < -0.39 is 0 Å². The van der Waals surface area contributed by atoms with E-state index in [1.807, 2.05) is 12.3 Å². The molecule has 3 rings (SSSR count). The summed E-state index contributed by atoms with van der Waals surface area (Å²) in [5.74, 6) is 0.567. The number of aromatic nitrogens is 3. The van der Waals surface area contributed by atoms with Crippen molar-refractivity contribution < 1.29 is 0 Å². The molecule has 0 unspecified atom stereocenters. The average Bonchev–Trinajstić information content (AvgIpc) is 2.99. The third kappa shape index (κ3) is 1.38. The van der Waals surface area contributed by atoms with Crippen molar-refractivity contribution in [2.24, 2.45) is 0 Å². The number of hydrogen-bond acceptors (Lipinski definition) is 4. The zero-order valence-electron chi connectivity index (χ0n) is 8.47. The predicted octanol–water partition coefficient (Wildman–Crippen LogP) is 2.07. The van der Waals surface area contributed by atoms with E-state index in [1.54, 1.807) is 17.8 Å². The normalized spacial score (nSPS) is 16.1. The molecule has 0 atom stereocenters. The van der Waals surface area contributed by atoms with E-state index in [0.29, 0.717) is 11.9 Å². The first kappa shape index (κ1) is 9.03. The molecule has 0 spiro atoms. The highest BCUT2D eigenvalue weighted by molar-refractivity contribution is 7.98. The van der Waals surface area contributed by atoms with Crippen molar-refractivity contribution in [2.75, 3.05) is 12.0 Å². The van der Waals surface area contributed by atoms with Crippen LogP contribution in [-0.2, 0) is 0 Å². The Bertz CT molecular complexity index is 515. The van der Waals surface area contributed by atoms with Gasteiger partial charge in [0.15, 0.2) is 10.8 Å². The molecule has 5 heteroatoms. The lowest BCUT2D eigenvalue weighted by Crippen LogP contribution is -1.98. The lowest BCUT2D eigenvalue weighted by molar-refractivity contribution is 0.679. The van der Waals surface area contributed by atoms with Crippen molar-refractivity contribution >= 4 is 28.7 Å². The van der Waals surface area contributed by atoms with E-state index in [4.69, 9.17) is 5.73 Å². The Morgan fingerprint density at radius 1 is 1.40 bits per heavy atom. The van der Waals surface area contributed by atoms with Gasteiger partial charge in [0.05, 0.1) is 0 Å². The van der Waals surface area contributed by atoms with Gasteiger partial charge in [-0.25, -0.2) is 9.97 Å². The van der Waals surface area contributed by atoms with Crippen molar-refractivity contribution in [3.8, 4) is 0 Å². The maximum Gasteiger partial charge on any atom is 0.170 e. The molecule has 15 heavy (non-hydrogen) atoms. The number of nitrogens with zero attached hydrogens (tertiary/aromatic N) is 3. The number of fused-ring (bicyclic) bond motifs is 1. The summed E-state index contributed by atoms with van der Waals surface area (Å²) < 4.78 is 2.22. The summed E-state index contributed by atoms with van der Waals surface area (Å²) in [6.45, 7) is 0. The molecule has 2 aromatic rings. The Balaban J connectivity index is 2.30. The smallest absolute Gasteiger partial charge is 0.170 e. The monoisotopic (exact) mass is 220 g/mol. The Morgan fingerprint density at radius 2 is 2.20 bits per heavy atom. The van der Waals surface area contributed by atoms with Crippen molar-refractivity contribution in [2.45, 2.75) is 24.0 Å². The summed E-state index contributed by atoms with van der Waals surface area (Å²) in [7, 11) is 0. The van der Waals surface area contributed by atoms with Crippen LogP contribution in [0.4, 0.5) is 5.82 Å². The van der Waals surface area contributed by atoms with E-state index in [9.17, 15) is 0 Å². The predicted molar refractivity (Wildman–Crippen MR) is 62.0 cm³/mol. The van der Waals surface area contributed by atoms with E-state index >= 15 is 0 Å². The quantitative estimate of drug-likeness (QED) is 0.787. The van der Waals surface area contributed by atoms with Crippen molar-refractivity contribution in [3.05, 3.63) is 12.1 Å². The van der Waals surface area contributed by atoms with Crippen LogP contribution in [-0.4, -0.2) is 20.8 Å². The van der Waals surface area contributed by atoms with Gasteiger partial charge in [0.1, 0.15) is 11.3 Å². The Hall–Kier alpha value is -1.23. The van der Waals surface area contributed by atoms with E-state index in [1.165, 1.54) is 12.8 Å². The van der Waals surface area contributed by atoms with Crippen LogP contribution in [0.1, 0.15) is 18.9 Å². The molecule has 0 aromatic carbocycles. The summed E-state index contributed by atoms with van der Waals surface area (Å²) in [6, 6.07) is 4.33. The molecule has 1 aliphatic carbocycles. The van der Waals surface area contributed by atoms with Crippen molar-refractivity contribution in [3.63, 3.8) is 0 Å². The molecule has 4 nitrogen and oxygen atoms in total. The van der Waals surface area contributed by atoms with Gasteiger partial charge in [-0.1, -0.05) is 11.8 Å². The van der Waals surface area contributed by atoms with Crippen molar-refractivity contribution in [1.29, 1.82) is 0 Å². The molecule has 1 saturated carbocycles. The third-order valence-electron chi connectivity index (χ3n) is 2.62. The van der Waals surface area contributed by atoms with Crippen LogP contribution in [0, 0.1) is 0 Å². The minimum absolute atomic E-state index is 0.567. The fourth-order valence-electron chi connectivity index (χ4n) is 1.77. The van der Waals surface area contributed by atoms with Crippen LogP contribution in [0.15, 0.2) is 17.3 Å². The van der Waals surface area contributed by atoms with Crippen LogP contribution >= 0.6 is 11.8 Å². The number of nitrogen functional groups attached to an aromatic ring is 1. The maximum atomic E-state index is 5.71. The average molecular weight is 220 g/mol. The molecule has 1 aliphatic rings. The molecular formula is C10H12N4S. The van der Waals surface area contributed by atoms with Gasteiger partial charge < -0.3 is 10.3 Å². The highest BCUT2D eigenvalue weighted by Crippen LogP contribution is 2.40. The highest BCUT2D eigenvalue weighted by Gasteiger charge is 2.28. The fourth-order valence-corrected chi connectivity index (χ4v) is 2.40. The minimum Gasteiger partial charge on any atom is -0.384 e. The van der Waals surface area contributed by atoms with Crippen LogP contribution in [0.2, 0.25) is 0 Å². The summed E-state index contributed by atoms with van der Waals surface area (Å²) in [4.78, 5) is 8.91. The minimum atomic E-state index is 0.567. The summed E-state index contributed by atoms with van der Waals surface area (Å²) in [5, 5.41) is 1.05. The molecule has 2 aromatic heterocycles. The molecule has 0 aliphatic heterocycles. The van der Waals surface area contributed by atoms with Crippen molar-refractivity contribution in [1.82, 2.24) is 14.5 Å². The number of thioether (sulfide) groups is 1. The lowest BCUT2D eigenvalue weighted by Gasteiger charge is -2.03. The van der Waals surface area contributed by atoms with Gasteiger partial charge in [0.2, 0.25) is 0 Å². The molecule has 0 radical (unpaired) electrons. The molecule has 0 saturated heterocycles. The molecule has 0 bridgehead atoms. The zero-order valence-corrected chi connectivity index (χ0v) is 9.29. The molecular weight excluding hydrogens is 208 g/mol. The van der Waals surface area contributed by atoms with Gasteiger partial charge in [-0.05, 0) is 31.2 Å². The summed E-state index contributed by atoms with van der Waals surface area (Å²) >= 11 is 1.67. The standard InChI is InChI=1S/C10H12N4S/c1-15-10-12-7-4-5-8(11)13-9(7)14(10)6-2-3-6/h4-6H,2-3H2,1H3,(H2,11,13). The van der Waals surface area contributed by atoms with Gasteiger partial charge in [-0.2, -0.15) is 0 Å². The number of pyridine rings is 1. The van der Waals surface area contributed by atoms with Gasteiger partial charge in [0, 0.05) is 6.04 Å². The first-order valence-corrected chi connectivity index (χ1v) is 6.20.